The van der Waals surface area contributed by atoms with Gasteiger partial charge in [-0.25, -0.2) is 8.42 Å². The Hall–Kier alpha value is -0.630. The minimum absolute atomic E-state index is 0. The van der Waals surface area contributed by atoms with Crippen molar-refractivity contribution < 1.29 is 13.2 Å². The van der Waals surface area contributed by atoms with Crippen molar-refractivity contribution in [1.29, 1.82) is 0 Å². The minimum atomic E-state index is -3.03. The Balaban J connectivity index is 0.00000182. The average molecular weight is 405 g/mol. The van der Waals surface area contributed by atoms with Gasteiger partial charge in [-0.15, -0.1) is 12.4 Å². The van der Waals surface area contributed by atoms with Gasteiger partial charge in [0.1, 0.15) is 0 Å². The van der Waals surface area contributed by atoms with Crippen molar-refractivity contribution >= 4 is 39.5 Å². The van der Waals surface area contributed by atoms with Gasteiger partial charge in [-0.2, -0.15) is 11.3 Å². The zero-order valence-corrected chi connectivity index (χ0v) is 16.6. The number of hydrogen-bond donors (Lipinski definition) is 1. The number of sulfone groups is 1. The maximum absolute atomic E-state index is 13.1. The van der Waals surface area contributed by atoms with Crippen LogP contribution in [-0.4, -0.2) is 49.9 Å². The summed E-state index contributed by atoms with van der Waals surface area (Å²) in [6.07, 6.45) is 3.80. The van der Waals surface area contributed by atoms with E-state index in [1.165, 1.54) is 0 Å². The zero-order valence-electron chi connectivity index (χ0n) is 14.1. The molecular formula is C17H25ClN2O3S2. The highest BCUT2D eigenvalue weighted by Gasteiger charge is 2.58. The molecule has 3 aliphatic rings. The molecule has 140 valence electrons. The van der Waals surface area contributed by atoms with Crippen LogP contribution in [0.5, 0.6) is 0 Å². The molecule has 25 heavy (non-hydrogen) atoms. The Labute approximate surface area is 159 Å². The lowest BCUT2D eigenvalue weighted by Crippen LogP contribution is -2.42. The Kier molecular flexibility index (Phi) is 5.49. The molecule has 2 saturated heterocycles. The van der Waals surface area contributed by atoms with Crippen LogP contribution in [0.25, 0.3) is 0 Å². The number of carbonyl (C=O) groups is 1. The third kappa shape index (κ3) is 3.89. The summed E-state index contributed by atoms with van der Waals surface area (Å²) in [7, 11) is -3.03. The Morgan fingerprint density at radius 2 is 2.12 bits per heavy atom. The molecule has 8 heteroatoms. The van der Waals surface area contributed by atoms with Crippen LogP contribution in [0.1, 0.15) is 31.2 Å². The van der Waals surface area contributed by atoms with Crippen molar-refractivity contribution in [3.8, 4) is 0 Å². The molecule has 1 N–H and O–H groups in total. The van der Waals surface area contributed by atoms with E-state index in [1.54, 1.807) is 11.3 Å². The molecule has 2 aliphatic heterocycles. The summed E-state index contributed by atoms with van der Waals surface area (Å²) in [6.45, 7) is 2.67. The largest absolute Gasteiger partial charge is 0.335 e. The molecule has 0 radical (unpaired) electrons. The molecule has 3 fully saturated rings. The Morgan fingerprint density at radius 3 is 2.72 bits per heavy atom. The lowest BCUT2D eigenvalue weighted by molar-refractivity contribution is -0.136. The number of amides is 1. The van der Waals surface area contributed by atoms with Crippen LogP contribution < -0.4 is 5.32 Å². The number of nitrogens with zero attached hydrogens (tertiary/aromatic N) is 1. The van der Waals surface area contributed by atoms with Crippen LogP contribution in [0.4, 0.5) is 0 Å². The standard InChI is InChI=1S/C17H24N2O3S2.ClH/c20-16(14-2-8-24(21,22)12-14)19(10-13-1-7-23-11-13)15-9-17(15)3-5-18-6-4-17;/h1,7,11,14-15,18H,2-6,8-10,12H2;1H. The molecule has 1 spiro atoms. The fraction of sp³-hybridized carbons (Fsp3) is 0.706. The predicted molar refractivity (Wildman–Crippen MR) is 102 cm³/mol. The number of nitrogens with one attached hydrogen (secondary N) is 1. The third-order valence-electron chi connectivity index (χ3n) is 5.92. The zero-order chi connectivity index (χ0) is 16.8. The molecule has 2 unspecified atom stereocenters. The van der Waals surface area contributed by atoms with Gasteiger partial charge >= 0.3 is 0 Å². The highest BCUT2D eigenvalue weighted by atomic mass is 35.5. The first-order valence-electron chi connectivity index (χ1n) is 8.72. The van der Waals surface area contributed by atoms with Crippen LogP contribution >= 0.6 is 23.7 Å². The number of halogens is 1. The van der Waals surface area contributed by atoms with Crippen LogP contribution in [-0.2, 0) is 21.2 Å². The van der Waals surface area contributed by atoms with Gasteiger partial charge in [0.25, 0.3) is 0 Å². The molecule has 1 amide bonds. The van der Waals surface area contributed by atoms with E-state index in [-0.39, 0.29) is 47.2 Å². The maximum Gasteiger partial charge on any atom is 0.227 e. The number of rotatable bonds is 4. The molecule has 5 nitrogen and oxygen atoms in total. The molecule has 0 bridgehead atoms. The van der Waals surface area contributed by atoms with E-state index in [2.05, 4.69) is 16.8 Å². The first-order valence-corrected chi connectivity index (χ1v) is 11.5. The maximum atomic E-state index is 13.1. The second-order valence-corrected chi connectivity index (χ2v) is 10.5. The fourth-order valence-corrected chi connectivity index (χ4v) is 6.77. The van der Waals surface area contributed by atoms with Gasteiger partial charge in [0.15, 0.2) is 9.84 Å². The summed E-state index contributed by atoms with van der Waals surface area (Å²) in [5.41, 5.74) is 1.43. The van der Waals surface area contributed by atoms with E-state index in [0.29, 0.717) is 13.0 Å². The second-order valence-electron chi connectivity index (χ2n) is 7.53. The third-order valence-corrected chi connectivity index (χ3v) is 8.42. The summed E-state index contributed by atoms with van der Waals surface area (Å²) < 4.78 is 23.6. The first-order chi connectivity index (χ1) is 11.5. The number of carbonyl (C=O) groups excluding carboxylic acids is 1. The van der Waals surface area contributed by atoms with E-state index >= 15 is 0 Å². The van der Waals surface area contributed by atoms with Crippen molar-refractivity contribution in [3.05, 3.63) is 22.4 Å². The molecule has 2 atom stereocenters. The van der Waals surface area contributed by atoms with E-state index in [1.807, 2.05) is 10.3 Å². The predicted octanol–water partition coefficient (Wildman–Crippen LogP) is 2.08. The normalized spacial score (nSPS) is 29.1. The Morgan fingerprint density at radius 1 is 1.36 bits per heavy atom. The highest BCUT2D eigenvalue weighted by molar-refractivity contribution is 7.91. The molecule has 1 aliphatic carbocycles. The van der Waals surface area contributed by atoms with Gasteiger partial charge in [0.05, 0.1) is 17.4 Å². The van der Waals surface area contributed by atoms with Gasteiger partial charge in [-0.1, -0.05) is 0 Å². The van der Waals surface area contributed by atoms with Crippen LogP contribution in [0.2, 0.25) is 0 Å². The van der Waals surface area contributed by atoms with E-state index in [4.69, 9.17) is 0 Å². The minimum Gasteiger partial charge on any atom is -0.335 e. The number of piperidine rings is 1. The van der Waals surface area contributed by atoms with Gasteiger partial charge in [-0.05, 0) is 66.6 Å². The summed E-state index contributed by atoms with van der Waals surface area (Å²) in [5.74, 6) is -0.0847. The van der Waals surface area contributed by atoms with Crippen molar-refractivity contribution in [2.24, 2.45) is 11.3 Å². The summed E-state index contributed by atoms with van der Waals surface area (Å²) in [5, 5.41) is 7.52. The van der Waals surface area contributed by atoms with E-state index in [9.17, 15) is 13.2 Å². The molecule has 1 saturated carbocycles. The van der Waals surface area contributed by atoms with Gasteiger partial charge in [0.2, 0.25) is 5.91 Å². The molecule has 1 aromatic rings. The SMILES string of the molecule is Cl.O=C(C1CCS(=O)(=O)C1)N(Cc1ccsc1)C1CC12CCNCC2. The molecule has 3 heterocycles. The lowest BCUT2D eigenvalue weighted by Gasteiger charge is -2.31. The number of thiophene rings is 1. The summed E-state index contributed by atoms with van der Waals surface area (Å²) >= 11 is 1.64. The average Bonchev–Trinajstić information content (AvgIpc) is 2.94. The second kappa shape index (κ2) is 7.18. The fourth-order valence-electron chi connectivity index (χ4n) is 4.37. The van der Waals surface area contributed by atoms with E-state index in [0.717, 1.165) is 37.9 Å². The first kappa shape index (κ1) is 19.1. The van der Waals surface area contributed by atoms with Crippen LogP contribution in [0.3, 0.4) is 0 Å². The van der Waals surface area contributed by atoms with Crippen molar-refractivity contribution in [2.75, 3.05) is 24.6 Å². The quantitative estimate of drug-likeness (QED) is 0.834. The lowest BCUT2D eigenvalue weighted by atomic mass is 9.93. The number of hydrogen-bond acceptors (Lipinski definition) is 5. The molecule has 0 aromatic carbocycles. The van der Waals surface area contributed by atoms with E-state index < -0.39 is 9.84 Å². The van der Waals surface area contributed by atoms with Crippen LogP contribution in [0.15, 0.2) is 16.8 Å². The molecular weight excluding hydrogens is 380 g/mol. The van der Waals surface area contributed by atoms with Crippen LogP contribution in [0, 0.1) is 11.3 Å². The highest BCUT2D eigenvalue weighted by Crippen LogP contribution is 2.56. The summed E-state index contributed by atoms with van der Waals surface area (Å²) in [6, 6.07) is 2.35. The Bertz CT molecular complexity index is 714. The van der Waals surface area contributed by atoms with Gasteiger partial charge < -0.3 is 10.2 Å². The smallest absolute Gasteiger partial charge is 0.227 e. The van der Waals surface area contributed by atoms with Gasteiger partial charge in [0, 0.05) is 12.6 Å². The van der Waals surface area contributed by atoms with Crippen molar-refractivity contribution in [3.63, 3.8) is 0 Å². The topological polar surface area (TPSA) is 66.5 Å². The summed E-state index contributed by atoms with van der Waals surface area (Å²) in [4.78, 5) is 15.1. The van der Waals surface area contributed by atoms with Crippen molar-refractivity contribution in [2.45, 2.75) is 38.3 Å². The van der Waals surface area contributed by atoms with Crippen molar-refractivity contribution in [1.82, 2.24) is 10.2 Å². The van der Waals surface area contributed by atoms with Gasteiger partial charge in [-0.3, -0.25) is 4.79 Å². The monoisotopic (exact) mass is 404 g/mol. The molecule has 4 rings (SSSR count). The molecule has 1 aromatic heterocycles.